The number of benzene rings is 2. The van der Waals surface area contributed by atoms with E-state index in [0.717, 1.165) is 30.0 Å². The number of aromatic nitrogens is 4. The second kappa shape index (κ2) is 7.14. The average Bonchev–Trinajstić information content (AvgIpc) is 3.14. The van der Waals surface area contributed by atoms with E-state index in [0.29, 0.717) is 0 Å². The molecule has 1 N–H and O–H groups in total. The highest BCUT2D eigenvalue weighted by atomic mass is 15.6. The lowest BCUT2D eigenvalue weighted by Gasteiger charge is -2.38. The van der Waals surface area contributed by atoms with Gasteiger partial charge in [-0.2, -0.15) is 4.68 Å². The molecule has 0 unspecified atom stereocenters. The number of anilines is 1. The molecule has 0 aliphatic heterocycles. The summed E-state index contributed by atoms with van der Waals surface area (Å²) < 4.78 is 1.93. The second-order valence-electron chi connectivity index (χ2n) is 7.84. The van der Waals surface area contributed by atoms with E-state index in [9.17, 15) is 0 Å². The summed E-state index contributed by atoms with van der Waals surface area (Å²) in [5.74, 6) is 0.912. The van der Waals surface area contributed by atoms with Gasteiger partial charge in [-0.15, -0.1) is 5.10 Å². The number of tetrazole rings is 1. The highest BCUT2D eigenvalue weighted by molar-refractivity contribution is 5.53. The van der Waals surface area contributed by atoms with E-state index in [1.165, 1.54) is 36.0 Å². The molecule has 1 aliphatic rings. The van der Waals surface area contributed by atoms with Crippen molar-refractivity contribution in [3.8, 4) is 5.69 Å². The molecular weight excluding hydrogens is 334 g/mol. The predicted octanol–water partition coefficient (Wildman–Crippen LogP) is 4.86. The fourth-order valence-corrected chi connectivity index (χ4v) is 4.26. The second-order valence-corrected chi connectivity index (χ2v) is 7.84. The first-order valence-corrected chi connectivity index (χ1v) is 9.79. The molecule has 4 rings (SSSR count). The van der Waals surface area contributed by atoms with Crippen LogP contribution in [0.3, 0.4) is 0 Å². The van der Waals surface area contributed by atoms with Crippen LogP contribution in [-0.4, -0.2) is 20.2 Å². The normalized spacial score (nSPS) is 16.3. The van der Waals surface area contributed by atoms with Crippen LogP contribution in [0.4, 0.5) is 5.69 Å². The SMILES string of the molecule is Cc1cc(C)cc(-n2nnnc2C2(Nc3ccccc3C)CCCCC2)c1. The summed E-state index contributed by atoms with van der Waals surface area (Å²) in [5.41, 5.74) is 5.63. The van der Waals surface area contributed by atoms with E-state index in [-0.39, 0.29) is 5.54 Å². The molecule has 5 nitrogen and oxygen atoms in total. The highest BCUT2D eigenvalue weighted by Crippen LogP contribution is 2.40. The van der Waals surface area contributed by atoms with Gasteiger partial charge < -0.3 is 5.32 Å². The van der Waals surface area contributed by atoms with Crippen LogP contribution in [0, 0.1) is 20.8 Å². The number of hydrogen-bond acceptors (Lipinski definition) is 4. The van der Waals surface area contributed by atoms with Gasteiger partial charge in [-0.05, 0) is 78.9 Å². The molecule has 0 atom stereocenters. The van der Waals surface area contributed by atoms with Crippen LogP contribution < -0.4 is 5.32 Å². The quantitative estimate of drug-likeness (QED) is 0.721. The summed E-state index contributed by atoms with van der Waals surface area (Å²) >= 11 is 0. The summed E-state index contributed by atoms with van der Waals surface area (Å²) in [5, 5.41) is 16.8. The maximum atomic E-state index is 4.51. The van der Waals surface area contributed by atoms with Gasteiger partial charge in [-0.25, -0.2) is 0 Å². The minimum Gasteiger partial charge on any atom is -0.372 e. The Morgan fingerprint density at radius 2 is 1.63 bits per heavy atom. The van der Waals surface area contributed by atoms with Crippen molar-refractivity contribution in [2.45, 2.75) is 58.4 Å². The molecule has 5 heteroatoms. The Labute approximate surface area is 160 Å². The fraction of sp³-hybridized carbons (Fsp3) is 0.409. The van der Waals surface area contributed by atoms with E-state index in [1.54, 1.807) is 0 Å². The van der Waals surface area contributed by atoms with E-state index in [2.05, 4.69) is 84.1 Å². The number of nitrogens with one attached hydrogen (secondary N) is 1. The average molecular weight is 361 g/mol. The Kier molecular flexibility index (Phi) is 4.68. The molecule has 0 spiro atoms. The van der Waals surface area contributed by atoms with E-state index >= 15 is 0 Å². The van der Waals surface area contributed by atoms with Crippen molar-refractivity contribution in [2.75, 3.05) is 5.32 Å². The Hall–Kier alpha value is -2.69. The van der Waals surface area contributed by atoms with Gasteiger partial charge in [0.15, 0.2) is 5.82 Å². The summed E-state index contributed by atoms with van der Waals surface area (Å²) in [6.45, 7) is 6.37. The smallest absolute Gasteiger partial charge is 0.181 e. The summed E-state index contributed by atoms with van der Waals surface area (Å²) in [6.07, 6.45) is 5.69. The molecule has 0 bridgehead atoms. The maximum absolute atomic E-state index is 4.51. The first-order valence-electron chi connectivity index (χ1n) is 9.79. The molecule has 0 amide bonds. The first-order chi connectivity index (χ1) is 13.1. The van der Waals surface area contributed by atoms with Crippen molar-refractivity contribution >= 4 is 5.69 Å². The number of para-hydroxylation sites is 1. The Morgan fingerprint density at radius 3 is 2.33 bits per heavy atom. The summed E-state index contributed by atoms with van der Waals surface area (Å²) in [7, 11) is 0. The molecule has 1 aromatic heterocycles. The van der Waals surface area contributed by atoms with Crippen LogP contribution in [0.5, 0.6) is 0 Å². The third kappa shape index (κ3) is 3.46. The molecule has 2 aromatic carbocycles. The van der Waals surface area contributed by atoms with Gasteiger partial charge in [0.2, 0.25) is 0 Å². The molecule has 3 aromatic rings. The predicted molar refractivity (Wildman–Crippen MR) is 108 cm³/mol. The molecule has 0 radical (unpaired) electrons. The number of hydrogen-bond donors (Lipinski definition) is 1. The standard InChI is InChI=1S/C22H27N5/c1-16-13-17(2)15-19(14-16)27-21(24-25-26-27)22(11-7-4-8-12-22)23-20-10-6-5-9-18(20)3/h5-6,9-10,13-15,23H,4,7-8,11-12H2,1-3H3. The minimum atomic E-state index is -0.245. The van der Waals surface area contributed by atoms with Gasteiger partial charge in [0, 0.05) is 5.69 Å². The molecule has 140 valence electrons. The van der Waals surface area contributed by atoms with Crippen molar-refractivity contribution in [3.05, 3.63) is 65.0 Å². The van der Waals surface area contributed by atoms with Crippen molar-refractivity contribution in [3.63, 3.8) is 0 Å². The lowest BCUT2D eigenvalue weighted by atomic mass is 9.80. The highest BCUT2D eigenvalue weighted by Gasteiger charge is 2.39. The van der Waals surface area contributed by atoms with Crippen LogP contribution in [0.2, 0.25) is 0 Å². The zero-order valence-electron chi connectivity index (χ0n) is 16.4. The number of nitrogens with zero attached hydrogens (tertiary/aromatic N) is 4. The van der Waals surface area contributed by atoms with Crippen molar-refractivity contribution in [1.82, 2.24) is 20.2 Å². The zero-order chi connectivity index (χ0) is 18.9. The molecule has 27 heavy (non-hydrogen) atoms. The number of aryl methyl sites for hydroxylation is 3. The molecule has 1 heterocycles. The van der Waals surface area contributed by atoms with Gasteiger partial charge >= 0.3 is 0 Å². The summed E-state index contributed by atoms with van der Waals surface area (Å²) in [6, 6.07) is 14.9. The van der Waals surface area contributed by atoms with Crippen molar-refractivity contribution in [1.29, 1.82) is 0 Å². The zero-order valence-corrected chi connectivity index (χ0v) is 16.4. The van der Waals surface area contributed by atoms with Crippen LogP contribution in [-0.2, 0) is 5.54 Å². The largest absolute Gasteiger partial charge is 0.372 e. The van der Waals surface area contributed by atoms with Gasteiger partial charge in [-0.1, -0.05) is 43.5 Å². The molecule has 1 saturated carbocycles. The van der Waals surface area contributed by atoms with E-state index in [4.69, 9.17) is 0 Å². The Balaban J connectivity index is 1.80. The topological polar surface area (TPSA) is 55.6 Å². The van der Waals surface area contributed by atoms with Crippen LogP contribution in [0.1, 0.15) is 54.6 Å². The third-order valence-corrected chi connectivity index (χ3v) is 5.57. The lowest BCUT2D eigenvalue weighted by Crippen LogP contribution is -2.40. The molecule has 1 aliphatic carbocycles. The minimum absolute atomic E-state index is 0.245. The maximum Gasteiger partial charge on any atom is 0.181 e. The lowest BCUT2D eigenvalue weighted by molar-refractivity contribution is 0.309. The van der Waals surface area contributed by atoms with Gasteiger partial charge in [0.1, 0.15) is 0 Å². The van der Waals surface area contributed by atoms with Crippen LogP contribution >= 0.6 is 0 Å². The Morgan fingerprint density at radius 1 is 0.926 bits per heavy atom. The monoisotopic (exact) mass is 361 g/mol. The molecule has 1 fully saturated rings. The first kappa shape index (κ1) is 17.7. The van der Waals surface area contributed by atoms with Gasteiger partial charge in [0.25, 0.3) is 0 Å². The van der Waals surface area contributed by atoms with Crippen molar-refractivity contribution in [2.24, 2.45) is 0 Å². The van der Waals surface area contributed by atoms with Gasteiger partial charge in [0.05, 0.1) is 11.2 Å². The molecular formula is C22H27N5. The van der Waals surface area contributed by atoms with Gasteiger partial charge in [-0.3, -0.25) is 0 Å². The summed E-state index contributed by atoms with van der Waals surface area (Å²) in [4.78, 5) is 0. The molecule has 0 saturated heterocycles. The van der Waals surface area contributed by atoms with Crippen LogP contribution in [0.15, 0.2) is 42.5 Å². The fourth-order valence-electron chi connectivity index (χ4n) is 4.26. The van der Waals surface area contributed by atoms with Crippen molar-refractivity contribution < 1.29 is 0 Å². The van der Waals surface area contributed by atoms with Crippen LogP contribution in [0.25, 0.3) is 5.69 Å². The van der Waals surface area contributed by atoms with E-state index in [1.807, 2.05) is 4.68 Å². The number of rotatable bonds is 4. The Bertz CT molecular complexity index is 917. The third-order valence-electron chi connectivity index (χ3n) is 5.57. The van der Waals surface area contributed by atoms with E-state index < -0.39 is 0 Å².